The summed E-state index contributed by atoms with van der Waals surface area (Å²) in [6, 6.07) is 13.2. The van der Waals surface area contributed by atoms with Gasteiger partial charge >= 0.3 is 0 Å². The second kappa shape index (κ2) is 6.53. The molecule has 0 spiro atoms. The summed E-state index contributed by atoms with van der Waals surface area (Å²) in [5.41, 5.74) is 4.42. The van der Waals surface area contributed by atoms with Crippen LogP contribution in [0, 0.1) is 12.7 Å². The lowest BCUT2D eigenvalue weighted by molar-refractivity contribution is 0.402. The molecule has 0 radical (unpaired) electrons. The predicted octanol–water partition coefficient (Wildman–Crippen LogP) is 3.81. The van der Waals surface area contributed by atoms with E-state index < -0.39 is 0 Å². The van der Waals surface area contributed by atoms with Crippen LogP contribution in [0.3, 0.4) is 0 Å². The molecule has 0 aromatic heterocycles. The van der Waals surface area contributed by atoms with Crippen molar-refractivity contribution in [1.29, 1.82) is 0 Å². The highest BCUT2D eigenvalue weighted by atomic mass is 19.1. The van der Waals surface area contributed by atoms with Gasteiger partial charge in [-0.25, -0.2) is 4.39 Å². The van der Waals surface area contributed by atoms with Crippen molar-refractivity contribution >= 4 is 5.69 Å². The maximum Gasteiger partial charge on any atom is 0.123 e. The Morgan fingerprint density at radius 2 is 1.75 bits per heavy atom. The van der Waals surface area contributed by atoms with E-state index in [1.54, 1.807) is 6.07 Å². The Morgan fingerprint density at radius 1 is 1.05 bits per heavy atom. The molecule has 20 heavy (non-hydrogen) atoms. The molecule has 3 heteroatoms. The van der Waals surface area contributed by atoms with Crippen LogP contribution in [0.15, 0.2) is 42.5 Å². The second-order valence-corrected chi connectivity index (χ2v) is 5.36. The first kappa shape index (κ1) is 14.5. The molecule has 0 unspecified atom stereocenters. The Bertz CT molecular complexity index is 562. The third kappa shape index (κ3) is 4.07. The Morgan fingerprint density at radius 3 is 2.40 bits per heavy atom. The van der Waals surface area contributed by atoms with E-state index in [1.807, 2.05) is 13.0 Å². The molecule has 0 atom stereocenters. The Labute approximate surface area is 120 Å². The third-order valence-corrected chi connectivity index (χ3v) is 3.25. The molecule has 0 saturated carbocycles. The average Bonchev–Trinajstić information content (AvgIpc) is 2.41. The summed E-state index contributed by atoms with van der Waals surface area (Å²) in [4.78, 5) is 2.14. The van der Waals surface area contributed by atoms with Gasteiger partial charge in [-0.3, -0.25) is 0 Å². The number of hydrogen-bond donors (Lipinski definition) is 1. The molecule has 0 aliphatic heterocycles. The zero-order valence-corrected chi connectivity index (χ0v) is 12.3. The van der Waals surface area contributed by atoms with Gasteiger partial charge in [-0.1, -0.05) is 18.2 Å². The molecular weight excluding hydrogens is 251 g/mol. The normalized spacial score (nSPS) is 10.8. The van der Waals surface area contributed by atoms with Crippen molar-refractivity contribution in [3.8, 4) is 0 Å². The fourth-order valence-corrected chi connectivity index (χ4v) is 2.12. The predicted molar refractivity (Wildman–Crippen MR) is 82.3 cm³/mol. The fraction of sp³-hybridized carbons (Fsp3) is 0.294. The van der Waals surface area contributed by atoms with Gasteiger partial charge in [0.2, 0.25) is 0 Å². The van der Waals surface area contributed by atoms with Crippen molar-refractivity contribution < 1.29 is 4.39 Å². The number of benzene rings is 2. The summed E-state index contributed by atoms with van der Waals surface area (Å²) in [5.74, 6) is -0.186. The van der Waals surface area contributed by atoms with Crippen LogP contribution in [0.2, 0.25) is 0 Å². The Balaban J connectivity index is 1.98. The number of nitrogens with one attached hydrogen (secondary N) is 1. The molecule has 0 saturated heterocycles. The topological polar surface area (TPSA) is 15.3 Å². The Hall–Kier alpha value is -1.87. The van der Waals surface area contributed by atoms with E-state index in [9.17, 15) is 4.39 Å². The standard InChI is InChI=1S/C17H21FN2/c1-13-4-7-16(18)10-15(13)11-19-17-8-5-14(6-9-17)12-20(2)3/h4-10,19H,11-12H2,1-3H3. The summed E-state index contributed by atoms with van der Waals surface area (Å²) in [6.07, 6.45) is 0. The van der Waals surface area contributed by atoms with E-state index in [0.717, 1.165) is 23.4 Å². The highest BCUT2D eigenvalue weighted by Crippen LogP contribution is 2.15. The van der Waals surface area contributed by atoms with E-state index in [2.05, 4.69) is 48.6 Å². The van der Waals surface area contributed by atoms with Gasteiger partial charge in [0, 0.05) is 18.8 Å². The second-order valence-electron chi connectivity index (χ2n) is 5.36. The van der Waals surface area contributed by atoms with Gasteiger partial charge in [0.25, 0.3) is 0 Å². The van der Waals surface area contributed by atoms with Gasteiger partial charge in [0.15, 0.2) is 0 Å². The summed E-state index contributed by atoms with van der Waals surface area (Å²) in [5, 5.41) is 3.33. The molecular formula is C17H21FN2. The van der Waals surface area contributed by atoms with E-state index >= 15 is 0 Å². The smallest absolute Gasteiger partial charge is 0.123 e. The minimum absolute atomic E-state index is 0.186. The molecule has 2 aromatic rings. The monoisotopic (exact) mass is 272 g/mol. The number of nitrogens with zero attached hydrogens (tertiary/aromatic N) is 1. The molecule has 0 heterocycles. The highest BCUT2D eigenvalue weighted by molar-refractivity contribution is 5.45. The van der Waals surface area contributed by atoms with Crippen molar-refractivity contribution in [1.82, 2.24) is 4.90 Å². The van der Waals surface area contributed by atoms with E-state index in [1.165, 1.54) is 11.6 Å². The van der Waals surface area contributed by atoms with Crippen LogP contribution in [0.5, 0.6) is 0 Å². The van der Waals surface area contributed by atoms with Crippen molar-refractivity contribution in [2.75, 3.05) is 19.4 Å². The van der Waals surface area contributed by atoms with Crippen molar-refractivity contribution in [2.24, 2.45) is 0 Å². The molecule has 0 amide bonds. The average molecular weight is 272 g/mol. The highest BCUT2D eigenvalue weighted by Gasteiger charge is 2.01. The van der Waals surface area contributed by atoms with Crippen LogP contribution in [-0.4, -0.2) is 19.0 Å². The number of halogens is 1. The summed E-state index contributed by atoms with van der Waals surface area (Å²) in [7, 11) is 4.11. The zero-order valence-electron chi connectivity index (χ0n) is 12.3. The van der Waals surface area contributed by atoms with Crippen molar-refractivity contribution in [2.45, 2.75) is 20.0 Å². The fourth-order valence-electron chi connectivity index (χ4n) is 2.12. The molecule has 2 aromatic carbocycles. The maximum atomic E-state index is 13.2. The minimum Gasteiger partial charge on any atom is -0.381 e. The van der Waals surface area contributed by atoms with Gasteiger partial charge in [-0.2, -0.15) is 0 Å². The van der Waals surface area contributed by atoms with Crippen LogP contribution in [0.25, 0.3) is 0 Å². The summed E-state index contributed by atoms with van der Waals surface area (Å²) >= 11 is 0. The zero-order chi connectivity index (χ0) is 14.5. The third-order valence-electron chi connectivity index (χ3n) is 3.25. The molecule has 0 fully saturated rings. The molecule has 0 bridgehead atoms. The lowest BCUT2D eigenvalue weighted by Crippen LogP contribution is -2.10. The van der Waals surface area contributed by atoms with E-state index in [0.29, 0.717) is 6.54 Å². The number of aryl methyl sites for hydroxylation is 1. The lowest BCUT2D eigenvalue weighted by Gasteiger charge is -2.12. The van der Waals surface area contributed by atoms with Gasteiger partial charge < -0.3 is 10.2 Å². The van der Waals surface area contributed by atoms with Crippen molar-refractivity contribution in [3.05, 3.63) is 65.0 Å². The largest absolute Gasteiger partial charge is 0.381 e. The molecule has 106 valence electrons. The number of anilines is 1. The first-order valence-corrected chi connectivity index (χ1v) is 6.77. The first-order chi connectivity index (χ1) is 9.54. The Kier molecular flexibility index (Phi) is 4.74. The van der Waals surface area contributed by atoms with Crippen LogP contribution in [0.1, 0.15) is 16.7 Å². The first-order valence-electron chi connectivity index (χ1n) is 6.77. The molecule has 2 nitrogen and oxygen atoms in total. The maximum absolute atomic E-state index is 13.2. The molecule has 0 aliphatic carbocycles. The number of rotatable bonds is 5. The van der Waals surface area contributed by atoms with E-state index in [-0.39, 0.29) is 5.82 Å². The van der Waals surface area contributed by atoms with Crippen LogP contribution < -0.4 is 5.32 Å². The van der Waals surface area contributed by atoms with Crippen molar-refractivity contribution in [3.63, 3.8) is 0 Å². The van der Waals surface area contributed by atoms with Gasteiger partial charge in [0.1, 0.15) is 5.82 Å². The summed E-state index contributed by atoms with van der Waals surface area (Å²) in [6.45, 7) is 3.57. The minimum atomic E-state index is -0.186. The quantitative estimate of drug-likeness (QED) is 0.890. The lowest BCUT2D eigenvalue weighted by atomic mass is 10.1. The summed E-state index contributed by atoms with van der Waals surface area (Å²) < 4.78 is 13.2. The van der Waals surface area contributed by atoms with Gasteiger partial charge in [0.05, 0.1) is 0 Å². The van der Waals surface area contributed by atoms with Crippen LogP contribution >= 0.6 is 0 Å². The van der Waals surface area contributed by atoms with Gasteiger partial charge in [-0.05, 0) is 62.0 Å². The molecule has 2 rings (SSSR count). The van der Waals surface area contributed by atoms with Crippen LogP contribution in [-0.2, 0) is 13.1 Å². The molecule has 1 N–H and O–H groups in total. The van der Waals surface area contributed by atoms with Gasteiger partial charge in [-0.15, -0.1) is 0 Å². The van der Waals surface area contributed by atoms with E-state index in [4.69, 9.17) is 0 Å². The van der Waals surface area contributed by atoms with Crippen LogP contribution in [0.4, 0.5) is 10.1 Å². The molecule has 0 aliphatic rings. The SMILES string of the molecule is Cc1ccc(F)cc1CNc1ccc(CN(C)C)cc1. The number of hydrogen-bond acceptors (Lipinski definition) is 2.